The molecule has 1 N–H and O–H groups in total. The first-order valence-corrected chi connectivity index (χ1v) is 11.5. The Morgan fingerprint density at radius 1 is 1.06 bits per heavy atom. The Morgan fingerprint density at radius 3 is 2.60 bits per heavy atom. The summed E-state index contributed by atoms with van der Waals surface area (Å²) in [6.45, 7) is 2.49. The standard InChI is InChI=1S/C25H23ClN6O3/c26-21-16-27-25(29-23(21)22-10-11-32(30-22)19-4-2-1-3-5-19)28-17-35-20-8-6-18(7-9-20)24(33)31-12-14-34-15-13-31/h1-11,16H,12-15,17H2,(H,27,28,29). The number of ether oxygens (including phenoxy) is 2. The van der Waals surface area contributed by atoms with Crippen molar-refractivity contribution in [3.8, 4) is 22.8 Å². The van der Waals surface area contributed by atoms with Gasteiger partial charge in [0.25, 0.3) is 5.91 Å². The van der Waals surface area contributed by atoms with Crippen LogP contribution >= 0.6 is 11.6 Å². The SMILES string of the molecule is O=C(c1ccc(OCNc2ncc(Cl)c(-c3ccn(-c4ccccc4)n3)n2)cc1)N1CCOCC1. The molecule has 2 aromatic carbocycles. The molecule has 0 aliphatic carbocycles. The number of carbonyl (C=O) groups is 1. The molecular weight excluding hydrogens is 468 g/mol. The van der Waals surface area contributed by atoms with Gasteiger partial charge in [-0.15, -0.1) is 0 Å². The molecule has 0 saturated carbocycles. The zero-order chi connectivity index (χ0) is 24.0. The summed E-state index contributed by atoms with van der Waals surface area (Å²) in [4.78, 5) is 23.1. The molecule has 0 radical (unpaired) electrons. The molecule has 4 aromatic rings. The highest BCUT2D eigenvalue weighted by molar-refractivity contribution is 6.32. The number of rotatable bonds is 7. The van der Waals surface area contributed by atoms with E-state index in [-0.39, 0.29) is 12.6 Å². The maximum Gasteiger partial charge on any atom is 0.254 e. The third-order valence-corrected chi connectivity index (χ3v) is 5.74. The van der Waals surface area contributed by atoms with E-state index < -0.39 is 0 Å². The second-order valence-electron chi connectivity index (χ2n) is 7.77. The number of hydrogen-bond donors (Lipinski definition) is 1. The van der Waals surface area contributed by atoms with E-state index in [1.54, 1.807) is 33.8 Å². The van der Waals surface area contributed by atoms with Crippen molar-refractivity contribution in [3.63, 3.8) is 0 Å². The fourth-order valence-corrected chi connectivity index (χ4v) is 3.82. The summed E-state index contributed by atoms with van der Waals surface area (Å²) < 4.78 is 12.8. The number of aromatic nitrogens is 4. The molecule has 1 fully saturated rings. The van der Waals surface area contributed by atoms with Gasteiger partial charge in [-0.2, -0.15) is 5.10 Å². The zero-order valence-electron chi connectivity index (χ0n) is 18.8. The van der Waals surface area contributed by atoms with Crippen molar-refractivity contribution >= 4 is 23.5 Å². The molecule has 35 heavy (non-hydrogen) atoms. The summed E-state index contributed by atoms with van der Waals surface area (Å²) in [5.41, 5.74) is 2.71. The molecule has 0 atom stereocenters. The van der Waals surface area contributed by atoms with Crippen molar-refractivity contribution in [1.29, 1.82) is 0 Å². The maximum absolute atomic E-state index is 12.6. The van der Waals surface area contributed by atoms with Crippen LogP contribution in [0.1, 0.15) is 10.4 Å². The molecule has 5 rings (SSSR count). The molecule has 3 heterocycles. The quantitative estimate of drug-likeness (QED) is 0.392. The average molecular weight is 491 g/mol. The first-order chi connectivity index (χ1) is 17.2. The van der Waals surface area contributed by atoms with Gasteiger partial charge in [0.05, 0.1) is 30.1 Å². The molecule has 178 valence electrons. The van der Waals surface area contributed by atoms with Crippen molar-refractivity contribution < 1.29 is 14.3 Å². The third kappa shape index (κ3) is 5.42. The van der Waals surface area contributed by atoms with Crippen molar-refractivity contribution in [3.05, 3.63) is 83.6 Å². The summed E-state index contributed by atoms with van der Waals surface area (Å²) >= 11 is 6.34. The number of benzene rings is 2. The zero-order valence-corrected chi connectivity index (χ0v) is 19.6. The lowest BCUT2D eigenvalue weighted by Crippen LogP contribution is -2.40. The number of amides is 1. The number of para-hydroxylation sites is 1. The predicted octanol–water partition coefficient (Wildman–Crippen LogP) is 3.90. The van der Waals surface area contributed by atoms with Gasteiger partial charge in [-0.05, 0) is 42.5 Å². The fraction of sp³-hybridized carbons (Fsp3) is 0.200. The molecular formula is C25H23ClN6O3. The van der Waals surface area contributed by atoms with Crippen LogP contribution in [0.5, 0.6) is 5.75 Å². The van der Waals surface area contributed by atoms with E-state index in [1.807, 2.05) is 42.6 Å². The van der Waals surface area contributed by atoms with Gasteiger partial charge in [-0.3, -0.25) is 4.79 Å². The van der Waals surface area contributed by atoms with Crippen LogP contribution in [0.4, 0.5) is 5.95 Å². The van der Waals surface area contributed by atoms with Crippen molar-refractivity contribution in [2.45, 2.75) is 0 Å². The summed E-state index contributed by atoms with van der Waals surface area (Å²) in [5, 5.41) is 8.01. The second kappa shape index (κ2) is 10.5. The van der Waals surface area contributed by atoms with Gasteiger partial charge in [-0.1, -0.05) is 29.8 Å². The second-order valence-corrected chi connectivity index (χ2v) is 8.17. The van der Waals surface area contributed by atoms with Crippen LogP contribution in [0.3, 0.4) is 0 Å². The van der Waals surface area contributed by atoms with Crippen LogP contribution in [0, 0.1) is 0 Å². The summed E-state index contributed by atoms with van der Waals surface area (Å²) in [6, 6.07) is 18.7. The van der Waals surface area contributed by atoms with E-state index in [1.165, 1.54) is 6.20 Å². The molecule has 0 bridgehead atoms. The molecule has 0 spiro atoms. The van der Waals surface area contributed by atoms with E-state index in [0.29, 0.717) is 60.0 Å². The molecule has 0 unspecified atom stereocenters. The molecule has 10 heteroatoms. The van der Waals surface area contributed by atoms with Crippen LogP contribution < -0.4 is 10.1 Å². The van der Waals surface area contributed by atoms with Gasteiger partial charge < -0.3 is 19.7 Å². The Balaban J connectivity index is 1.20. The highest BCUT2D eigenvalue weighted by atomic mass is 35.5. The lowest BCUT2D eigenvalue weighted by Gasteiger charge is -2.26. The first kappa shape index (κ1) is 22.8. The van der Waals surface area contributed by atoms with E-state index in [2.05, 4.69) is 20.4 Å². The largest absolute Gasteiger partial charge is 0.473 e. The molecule has 1 saturated heterocycles. The average Bonchev–Trinajstić information content (AvgIpc) is 3.41. The summed E-state index contributed by atoms with van der Waals surface area (Å²) in [6.07, 6.45) is 3.38. The normalized spacial score (nSPS) is 13.5. The topological polar surface area (TPSA) is 94.4 Å². The maximum atomic E-state index is 12.6. The number of halogens is 1. The number of morpholine rings is 1. The van der Waals surface area contributed by atoms with E-state index in [0.717, 1.165) is 5.69 Å². The molecule has 9 nitrogen and oxygen atoms in total. The number of carbonyl (C=O) groups excluding carboxylic acids is 1. The van der Waals surface area contributed by atoms with Crippen LogP contribution in [-0.2, 0) is 4.74 Å². The molecule has 1 aliphatic rings. The Hall–Kier alpha value is -3.95. The predicted molar refractivity (Wildman–Crippen MR) is 132 cm³/mol. The van der Waals surface area contributed by atoms with Crippen molar-refractivity contribution in [1.82, 2.24) is 24.6 Å². The summed E-state index contributed by atoms with van der Waals surface area (Å²) in [5.74, 6) is 0.972. The number of hydrogen-bond acceptors (Lipinski definition) is 7. The molecule has 1 amide bonds. The lowest BCUT2D eigenvalue weighted by molar-refractivity contribution is 0.0303. The van der Waals surface area contributed by atoms with Crippen LogP contribution in [0.25, 0.3) is 17.1 Å². The van der Waals surface area contributed by atoms with Gasteiger partial charge in [0.2, 0.25) is 5.95 Å². The Morgan fingerprint density at radius 2 is 1.83 bits per heavy atom. The molecule has 1 aliphatic heterocycles. The Kier molecular flexibility index (Phi) is 6.87. The van der Waals surface area contributed by atoms with Crippen LogP contribution in [0.2, 0.25) is 5.02 Å². The number of nitrogens with zero attached hydrogens (tertiary/aromatic N) is 5. The highest BCUT2D eigenvalue weighted by Gasteiger charge is 2.18. The van der Waals surface area contributed by atoms with Gasteiger partial charge >= 0.3 is 0 Å². The Bertz CT molecular complexity index is 1290. The van der Waals surface area contributed by atoms with Crippen LogP contribution in [-0.4, -0.2) is 63.6 Å². The van der Waals surface area contributed by atoms with Crippen molar-refractivity contribution in [2.24, 2.45) is 0 Å². The van der Waals surface area contributed by atoms with Gasteiger partial charge in [-0.25, -0.2) is 14.6 Å². The smallest absolute Gasteiger partial charge is 0.254 e. The van der Waals surface area contributed by atoms with Crippen molar-refractivity contribution in [2.75, 3.05) is 38.4 Å². The monoisotopic (exact) mass is 490 g/mol. The van der Waals surface area contributed by atoms with Crippen LogP contribution in [0.15, 0.2) is 73.1 Å². The van der Waals surface area contributed by atoms with E-state index in [4.69, 9.17) is 21.1 Å². The Labute approximate surface area is 207 Å². The fourth-order valence-electron chi connectivity index (χ4n) is 3.63. The van der Waals surface area contributed by atoms with E-state index in [9.17, 15) is 4.79 Å². The minimum atomic E-state index is -0.00484. The van der Waals surface area contributed by atoms with Gasteiger partial charge in [0, 0.05) is 24.8 Å². The first-order valence-electron chi connectivity index (χ1n) is 11.2. The lowest BCUT2D eigenvalue weighted by atomic mass is 10.2. The number of nitrogens with one attached hydrogen (secondary N) is 1. The van der Waals surface area contributed by atoms with E-state index >= 15 is 0 Å². The minimum Gasteiger partial charge on any atom is -0.473 e. The summed E-state index contributed by atoms with van der Waals surface area (Å²) in [7, 11) is 0. The number of anilines is 1. The third-order valence-electron chi connectivity index (χ3n) is 5.47. The highest BCUT2D eigenvalue weighted by Crippen LogP contribution is 2.25. The minimum absolute atomic E-state index is 0.00484. The molecule has 2 aromatic heterocycles. The van der Waals surface area contributed by atoms with Gasteiger partial charge in [0.15, 0.2) is 6.73 Å². The van der Waals surface area contributed by atoms with Gasteiger partial charge in [0.1, 0.15) is 17.1 Å².